The molecule has 0 bridgehead atoms. The minimum absolute atomic E-state index is 0.00830. The molecule has 2 N–H and O–H groups in total. The summed E-state index contributed by atoms with van der Waals surface area (Å²) < 4.78 is 6.54. The summed E-state index contributed by atoms with van der Waals surface area (Å²) in [5, 5.41) is 12.3. The van der Waals surface area contributed by atoms with Crippen LogP contribution in [0.4, 0.5) is 0 Å². The molecule has 0 aliphatic carbocycles. The molecule has 2 unspecified atom stereocenters. The van der Waals surface area contributed by atoms with Gasteiger partial charge in [-0.1, -0.05) is 34.1 Å². The van der Waals surface area contributed by atoms with E-state index >= 15 is 0 Å². The fourth-order valence-corrected chi connectivity index (χ4v) is 2.91. The molecule has 1 aliphatic heterocycles. The minimum Gasteiger partial charge on any atom is -0.479 e. The van der Waals surface area contributed by atoms with Gasteiger partial charge in [0.15, 0.2) is 6.10 Å². The number of nitrogens with one attached hydrogen (secondary N) is 1. The van der Waals surface area contributed by atoms with Crippen molar-refractivity contribution in [2.75, 3.05) is 6.54 Å². The highest BCUT2D eigenvalue weighted by molar-refractivity contribution is 9.10. The number of halogens is 1. The summed E-state index contributed by atoms with van der Waals surface area (Å²) in [7, 11) is 0. The Hall–Kier alpha value is -0.910. The Labute approximate surface area is 121 Å². The summed E-state index contributed by atoms with van der Waals surface area (Å²) in [4.78, 5) is 10.8. The monoisotopic (exact) mass is 327 g/mol. The number of ether oxygens (including phenoxy) is 1. The Balaban J connectivity index is 1.83. The number of benzene rings is 1. The molecule has 19 heavy (non-hydrogen) atoms. The van der Waals surface area contributed by atoms with Gasteiger partial charge in [0, 0.05) is 17.1 Å². The minimum atomic E-state index is -0.860. The molecular weight excluding hydrogens is 310 g/mol. The molecule has 3 atom stereocenters. The molecule has 0 amide bonds. The molecule has 0 spiro atoms. The SMILES string of the molecule is C[C@H](NCC1CCC(C(=O)O)O1)c1ccccc1Br. The summed E-state index contributed by atoms with van der Waals surface area (Å²) in [6.07, 6.45) is 0.759. The quantitative estimate of drug-likeness (QED) is 0.873. The second-order valence-electron chi connectivity index (χ2n) is 4.81. The first-order chi connectivity index (χ1) is 9.08. The highest BCUT2D eigenvalue weighted by Gasteiger charge is 2.30. The average Bonchev–Trinajstić information content (AvgIpc) is 2.85. The van der Waals surface area contributed by atoms with Gasteiger partial charge in [-0.25, -0.2) is 4.79 Å². The van der Waals surface area contributed by atoms with E-state index in [2.05, 4.69) is 34.2 Å². The van der Waals surface area contributed by atoms with Crippen LogP contribution in [-0.4, -0.2) is 29.8 Å². The summed E-state index contributed by atoms with van der Waals surface area (Å²) in [5.74, 6) is -0.860. The zero-order valence-electron chi connectivity index (χ0n) is 10.8. The van der Waals surface area contributed by atoms with Crippen molar-refractivity contribution in [3.05, 3.63) is 34.3 Å². The van der Waals surface area contributed by atoms with E-state index in [-0.39, 0.29) is 12.1 Å². The predicted molar refractivity (Wildman–Crippen MR) is 76.1 cm³/mol. The van der Waals surface area contributed by atoms with Crippen molar-refractivity contribution in [2.24, 2.45) is 0 Å². The molecule has 1 aliphatic rings. The van der Waals surface area contributed by atoms with Crippen LogP contribution in [0.2, 0.25) is 0 Å². The van der Waals surface area contributed by atoms with Gasteiger partial charge in [-0.15, -0.1) is 0 Å². The number of carboxylic acids is 1. The van der Waals surface area contributed by atoms with Gasteiger partial charge in [0.25, 0.3) is 0 Å². The first-order valence-electron chi connectivity index (χ1n) is 6.44. The lowest BCUT2D eigenvalue weighted by Crippen LogP contribution is -2.30. The van der Waals surface area contributed by atoms with Gasteiger partial charge in [0.05, 0.1) is 6.10 Å². The maximum atomic E-state index is 10.8. The molecule has 5 heteroatoms. The van der Waals surface area contributed by atoms with Gasteiger partial charge in [0.2, 0.25) is 0 Å². The van der Waals surface area contributed by atoms with Crippen LogP contribution in [0.15, 0.2) is 28.7 Å². The van der Waals surface area contributed by atoms with E-state index < -0.39 is 12.1 Å². The number of rotatable bonds is 5. The average molecular weight is 328 g/mol. The zero-order chi connectivity index (χ0) is 13.8. The van der Waals surface area contributed by atoms with Crippen molar-refractivity contribution >= 4 is 21.9 Å². The number of carbonyl (C=O) groups is 1. The normalized spacial score (nSPS) is 24.3. The van der Waals surface area contributed by atoms with Crippen molar-refractivity contribution in [2.45, 2.75) is 38.0 Å². The van der Waals surface area contributed by atoms with E-state index in [1.165, 1.54) is 5.56 Å². The number of hydrogen-bond acceptors (Lipinski definition) is 3. The Morgan fingerprint density at radius 1 is 1.53 bits per heavy atom. The number of aliphatic carboxylic acids is 1. The molecule has 1 heterocycles. The smallest absolute Gasteiger partial charge is 0.332 e. The standard InChI is InChI=1S/C14H18BrNO3/c1-9(11-4-2-3-5-12(11)15)16-8-10-6-7-13(19-10)14(17)18/h2-5,9-10,13,16H,6-8H2,1H3,(H,17,18)/t9-,10?,13?/m0/s1. The molecule has 1 saturated heterocycles. The molecule has 1 aromatic rings. The maximum absolute atomic E-state index is 10.8. The van der Waals surface area contributed by atoms with Crippen LogP contribution in [-0.2, 0) is 9.53 Å². The highest BCUT2D eigenvalue weighted by Crippen LogP contribution is 2.24. The first-order valence-corrected chi connectivity index (χ1v) is 7.23. The van der Waals surface area contributed by atoms with Crippen LogP contribution >= 0.6 is 15.9 Å². The summed E-state index contributed by atoms with van der Waals surface area (Å²) in [6.45, 7) is 2.76. The van der Waals surface area contributed by atoms with E-state index in [9.17, 15) is 4.79 Å². The molecule has 4 nitrogen and oxygen atoms in total. The first kappa shape index (κ1) is 14.5. The highest BCUT2D eigenvalue weighted by atomic mass is 79.9. The Morgan fingerprint density at radius 3 is 2.89 bits per heavy atom. The van der Waals surface area contributed by atoms with Crippen LogP contribution in [0.5, 0.6) is 0 Å². The lowest BCUT2D eigenvalue weighted by atomic mass is 10.1. The lowest BCUT2D eigenvalue weighted by molar-refractivity contribution is -0.149. The fourth-order valence-electron chi connectivity index (χ4n) is 2.28. The summed E-state index contributed by atoms with van der Waals surface area (Å²) in [5.41, 5.74) is 1.19. The molecule has 0 radical (unpaired) electrons. The van der Waals surface area contributed by atoms with Crippen LogP contribution in [0.1, 0.15) is 31.4 Å². The van der Waals surface area contributed by atoms with Crippen molar-refractivity contribution in [3.63, 3.8) is 0 Å². The third kappa shape index (κ3) is 3.78. The molecule has 1 fully saturated rings. The van der Waals surface area contributed by atoms with Gasteiger partial charge in [-0.2, -0.15) is 0 Å². The van der Waals surface area contributed by atoms with E-state index in [1.54, 1.807) is 0 Å². The van der Waals surface area contributed by atoms with E-state index in [1.807, 2.05) is 18.2 Å². The van der Waals surface area contributed by atoms with Crippen LogP contribution < -0.4 is 5.32 Å². The number of hydrogen-bond donors (Lipinski definition) is 2. The third-order valence-electron chi connectivity index (χ3n) is 3.41. The Morgan fingerprint density at radius 2 is 2.26 bits per heavy atom. The lowest BCUT2D eigenvalue weighted by Gasteiger charge is -2.18. The van der Waals surface area contributed by atoms with Gasteiger partial charge in [-0.05, 0) is 31.4 Å². The largest absolute Gasteiger partial charge is 0.479 e. The second kappa shape index (κ2) is 6.50. The maximum Gasteiger partial charge on any atom is 0.332 e. The zero-order valence-corrected chi connectivity index (χ0v) is 12.4. The van der Waals surface area contributed by atoms with Crippen LogP contribution in [0.25, 0.3) is 0 Å². The van der Waals surface area contributed by atoms with Gasteiger partial charge in [-0.3, -0.25) is 0 Å². The van der Waals surface area contributed by atoms with Crippen LogP contribution in [0, 0.1) is 0 Å². The van der Waals surface area contributed by atoms with Crippen molar-refractivity contribution in [1.29, 1.82) is 0 Å². The van der Waals surface area contributed by atoms with Gasteiger partial charge < -0.3 is 15.2 Å². The fraction of sp³-hybridized carbons (Fsp3) is 0.500. The molecule has 2 rings (SSSR count). The molecular formula is C14H18BrNO3. The predicted octanol–water partition coefficient (Wildman–Crippen LogP) is 2.73. The topological polar surface area (TPSA) is 58.6 Å². The summed E-state index contributed by atoms with van der Waals surface area (Å²) in [6, 6.07) is 8.27. The van der Waals surface area contributed by atoms with Crippen molar-refractivity contribution in [3.8, 4) is 0 Å². The van der Waals surface area contributed by atoms with E-state index in [0.717, 1.165) is 10.9 Å². The van der Waals surface area contributed by atoms with Gasteiger partial charge >= 0.3 is 5.97 Å². The van der Waals surface area contributed by atoms with E-state index in [0.29, 0.717) is 13.0 Å². The van der Waals surface area contributed by atoms with E-state index in [4.69, 9.17) is 9.84 Å². The Bertz CT molecular complexity index is 452. The molecule has 1 aromatic carbocycles. The Kier molecular flexibility index (Phi) is 4.96. The van der Waals surface area contributed by atoms with Gasteiger partial charge in [0.1, 0.15) is 0 Å². The third-order valence-corrected chi connectivity index (χ3v) is 4.13. The number of carboxylic acid groups (broad SMARTS) is 1. The second-order valence-corrected chi connectivity index (χ2v) is 5.67. The summed E-state index contributed by atoms with van der Waals surface area (Å²) >= 11 is 3.53. The van der Waals surface area contributed by atoms with Crippen molar-refractivity contribution < 1.29 is 14.6 Å². The molecule has 104 valence electrons. The van der Waals surface area contributed by atoms with Crippen molar-refractivity contribution in [1.82, 2.24) is 5.32 Å². The molecule has 0 saturated carbocycles. The van der Waals surface area contributed by atoms with Crippen LogP contribution in [0.3, 0.4) is 0 Å². The molecule has 0 aromatic heterocycles.